The number of fused-ring (bicyclic) bond motifs is 1. The van der Waals surface area contributed by atoms with Gasteiger partial charge in [-0.3, -0.25) is 24.3 Å². The molecule has 3 aliphatic rings. The number of piperidine rings is 1. The number of carbonyl (C=O) groups is 2. The number of carbonyl (C=O) groups excluding carboxylic acids is 2. The Balaban J connectivity index is 0.822. The number of aromatic amines is 1. The molecule has 0 radical (unpaired) electrons. The van der Waals surface area contributed by atoms with Crippen molar-refractivity contribution in [2.45, 2.75) is 70.6 Å². The summed E-state index contributed by atoms with van der Waals surface area (Å²) < 4.78 is 6.02. The minimum Gasteiger partial charge on any atom is -0.489 e. The summed E-state index contributed by atoms with van der Waals surface area (Å²) in [5.74, 6) is 1.44. The summed E-state index contributed by atoms with van der Waals surface area (Å²) >= 11 is 6.08. The van der Waals surface area contributed by atoms with Crippen molar-refractivity contribution in [1.29, 1.82) is 5.26 Å². The Hall–Kier alpha value is -5.06. The maximum absolute atomic E-state index is 13.5. The van der Waals surface area contributed by atoms with Crippen molar-refractivity contribution in [1.82, 2.24) is 35.1 Å². The van der Waals surface area contributed by atoms with Crippen LogP contribution >= 0.6 is 11.6 Å². The summed E-state index contributed by atoms with van der Waals surface area (Å²) in [7, 11) is 0. The first kappa shape index (κ1) is 36.3. The Morgan fingerprint density at radius 3 is 2.42 bits per heavy atom. The first-order chi connectivity index (χ1) is 25.8. The van der Waals surface area contributed by atoms with Crippen LogP contribution in [0.2, 0.25) is 5.02 Å². The Morgan fingerprint density at radius 1 is 0.962 bits per heavy atom. The first-order valence-electron chi connectivity index (χ1n) is 18.5. The Labute approximate surface area is 313 Å². The van der Waals surface area contributed by atoms with Crippen molar-refractivity contribution < 1.29 is 14.3 Å². The summed E-state index contributed by atoms with van der Waals surface area (Å²) in [6.45, 7) is 7.14. The van der Waals surface area contributed by atoms with Crippen LogP contribution in [-0.2, 0) is 17.8 Å². The van der Waals surface area contributed by atoms with Crippen LogP contribution in [0.1, 0.15) is 72.6 Å². The van der Waals surface area contributed by atoms with Gasteiger partial charge in [-0.15, -0.1) is 0 Å². The second kappa shape index (κ2) is 16.3. The molecule has 2 N–H and O–H groups in total. The van der Waals surface area contributed by atoms with Crippen molar-refractivity contribution in [3.63, 3.8) is 0 Å². The van der Waals surface area contributed by atoms with Crippen LogP contribution in [0.25, 0.3) is 11.0 Å². The molecule has 6 heterocycles. The molecule has 2 saturated heterocycles. The van der Waals surface area contributed by atoms with Crippen molar-refractivity contribution >= 4 is 40.3 Å². The van der Waals surface area contributed by atoms with Gasteiger partial charge in [-0.2, -0.15) is 5.26 Å². The summed E-state index contributed by atoms with van der Waals surface area (Å²) in [5.41, 5.74) is 3.97. The number of nitriles is 1. The second-order valence-corrected chi connectivity index (χ2v) is 14.6. The molecule has 0 unspecified atom stereocenters. The monoisotopic (exact) mass is 737 g/mol. The number of hydrogen-bond acceptors (Lipinski definition) is 10. The van der Waals surface area contributed by atoms with E-state index in [4.69, 9.17) is 21.6 Å². The molecule has 2 amide bonds. The van der Waals surface area contributed by atoms with Crippen molar-refractivity contribution in [3.8, 4) is 11.8 Å². The third kappa shape index (κ3) is 8.61. The van der Waals surface area contributed by atoms with Crippen molar-refractivity contribution in [2.75, 3.05) is 44.2 Å². The fourth-order valence-corrected chi connectivity index (χ4v) is 7.77. The van der Waals surface area contributed by atoms with E-state index in [2.05, 4.69) is 35.1 Å². The fraction of sp³-hybridized carbons (Fsp3) is 0.462. The average Bonchev–Trinajstić information content (AvgIpc) is 3.18. The topological polar surface area (TPSA) is 160 Å². The lowest BCUT2D eigenvalue weighted by molar-refractivity contribution is -0.138. The molecule has 4 aromatic heterocycles. The van der Waals surface area contributed by atoms with Crippen molar-refractivity contribution in [2.24, 2.45) is 5.92 Å². The molecule has 14 heteroatoms. The van der Waals surface area contributed by atoms with Gasteiger partial charge >= 0.3 is 0 Å². The Bertz CT molecular complexity index is 2040. The molecule has 0 aromatic carbocycles. The molecule has 3 fully saturated rings. The highest BCUT2D eigenvalue weighted by Gasteiger charge is 2.31. The number of pyridine rings is 4. The van der Waals surface area contributed by atoms with Crippen LogP contribution < -0.4 is 20.5 Å². The lowest BCUT2D eigenvalue weighted by Gasteiger charge is -2.38. The predicted molar refractivity (Wildman–Crippen MR) is 201 cm³/mol. The predicted octanol–water partition coefficient (Wildman–Crippen LogP) is 4.48. The molecule has 0 atom stereocenters. The fourth-order valence-electron chi connectivity index (χ4n) is 7.58. The molecule has 13 nitrogen and oxygen atoms in total. The van der Waals surface area contributed by atoms with E-state index in [1.807, 2.05) is 48.4 Å². The van der Waals surface area contributed by atoms with E-state index in [0.717, 1.165) is 99.2 Å². The van der Waals surface area contributed by atoms with Gasteiger partial charge in [-0.05, 0) is 74.8 Å². The van der Waals surface area contributed by atoms with Crippen LogP contribution in [0.4, 0.5) is 5.82 Å². The van der Waals surface area contributed by atoms with E-state index in [-0.39, 0.29) is 46.2 Å². The smallest absolute Gasteiger partial charge is 0.253 e. The van der Waals surface area contributed by atoms with Crippen LogP contribution in [-0.4, -0.2) is 93.0 Å². The highest BCUT2D eigenvalue weighted by molar-refractivity contribution is 6.31. The highest BCUT2D eigenvalue weighted by Crippen LogP contribution is 2.27. The van der Waals surface area contributed by atoms with Crippen molar-refractivity contribution in [3.05, 3.63) is 86.7 Å². The van der Waals surface area contributed by atoms with E-state index in [1.54, 1.807) is 12.3 Å². The third-order valence-corrected chi connectivity index (χ3v) is 11.0. The highest BCUT2D eigenvalue weighted by atomic mass is 35.5. The summed E-state index contributed by atoms with van der Waals surface area (Å²) in [6.07, 6.45) is 10.4. The molecule has 1 aliphatic carbocycles. The second-order valence-electron chi connectivity index (χ2n) is 14.2. The maximum atomic E-state index is 13.5. The maximum Gasteiger partial charge on any atom is 0.253 e. The van der Waals surface area contributed by atoms with Crippen LogP contribution in [0.3, 0.4) is 0 Å². The first-order valence-corrected chi connectivity index (χ1v) is 18.9. The summed E-state index contributed by atoms with van der Waals surface area (Å²) in [4.78, 5) is 61.5. The van der Waals surface area contributed by atoms with Gasteiger partial charge in [-0.25, -0.2) is 9.97 Å². The molecular weight excluding hydrogens is 694 g/mol. The zero-order valence-corrected chi connectivity index (χ0v) is 30.6. The van der Waals surface area contributed by atoms with Gasteiger partial charge in [0.2, 0.25) is 5.91 Å². The number of amides is 2. The van der Waals surface area contributed by atoms with Crippen LogP contribution in [0.15, 0.2) is 53.7 Å². The van der Waals surface area contributed by atoms with Gasteiger partial charge in [0, 0.05) is 81.8 Å². The molecule has 53 heavy (non-hydrogen) atoms. The van der Waals surface area contributed by atoms with E-state index >= 15 is 0 Å². The van der Waals surface area contributed by atoms with Gasteiger partial charge < -0.3 is 24.8 Å². The molecule has 4 aromatic rings. The average molecular weight is 738 g/mol. The zero-order chi connectivity index (χ0) is 36.9. The SMILES string of the molecule is CCc1cc2ncc(CN3CCN(C(=O)C4CCN(c5ccc(C(=O)NC6CCC(Oc7cnc(C#N)c(Cl)c7)CC6)cn5)CC4)CC3)cc2[nH]c1=O. The molecule has 2 aliphatic heterocycles. The number of nitrogens with one attached hydrogen (secondary N) is 2. The normalized spacial score (nSPS) is 19.9. The van der Waals surface area contributed by atoms with E-state index in [1.165, 1.54) is 6.20 Å². The number of ether oxygens (including phenoxy) is 1. The van der Waals surface area contributed by atoms with E-state index < -0.39 is 0 Å². The van der Waals surface area contributed by atoms with Crippen LogP contribution in [0.5, 0.6) is 5.75 Å². The third-order valence-electron chi connectivity index (χ3n) is 10.7. The molecule has 0 bridgehead atoms. The number of halogens is 1. The Kier molecular flexibility index (Phi) is 11.2. The van der Waals surface area contributed by atoms with Crippen LogP contribution in [0, 0.1) is 17.2 Å². The van der Waals surface area contributed by atoms with E-state index in [0.29, 0.717) is 30.8 Å². The quantitative estimate of drug-likeness (QED) is 0.251. The minimum atomic E-state index is -0.142. The van der Waals surface area contributed by atoms with Gasteiger partial charge in [0.05, 0.1) is 33.9 Å². The number of H-pyrrole nitrogens is 1. The number of rotatable bonds is 9. The molecule has 276 valence electrons. The number of hydrogen-bond donors (Lipinski definition) is 2. The largest absolute Gasteiger partial charge is 0.489 e. The molecule has 1 saturated carbocycles. The summed E-state index contributed by atoms with van der Waals surface area (Å²) in [6, 6.07) is 11.2. The van der Waals surface area contributed by atoms with Gasteiger partial charge in [0.15, 0.2) is 5.69 Å². The minimum absolute atomic E-state index is 0.00329. The van der Waals surface area contributed by atoms with E-state index in [9.17, 15) is 14.4 Å². The number of aromatic nitrogens is 4. The standard InChI is InChI=1S/C39H44ClN9O4/c1-2-26-18-33-34(46-37(26)50)17-25(21-42-33)24-47-13-15-49(16-14-47)39(52)27-9-11-48(12-10-27)36-8-3-28(22-44-36)38(51)45-29-4-6-30(7-5-29)53-31-19-32(40)35(20-41)43-23-31/h3,8,17-19,21-23,27,29-30H,2,4-7,9-16,24H2,1H3,(H,45,51)(H,46,50). The van der Waals surface area contributed by atoms with Gasteiger partial charge in [0.25, 0.3) is 11.5 Å². The molecular formula is C39H44ClN9O4. The lowest BCUT2D eigenvalue weighted by atomic mass is 9.92. The van der Waals surface area contributed by atoms with Gasteiger partial charge in [0.1, 0.15) is 17.6 Å². The number of nitrogens with zero attached hydrogens (tertiary/aromatic N) is 7. The lowest BCUT2D eigenvalue weighted by Crippen LogP contribution is -2.51. The summed E-state index contributed by atoms with van der Waals surface area (Å²) in [5, 5.41) is 12.4. The number of anilines is 1. The number of aryl methyl sites for hydroxylation is 1. The zero-order valence-electron chi connectivity index (χ0n) is 29.9. The Morgan fingerprint density at radius 2 is 1.74 bits per heavy atom. The number of piperazine rings is 1. The van der Waals surface area contributed by atoms with Gasteiger partial charge in [-0.1, -0.05) is 18.5 Å². The molecule has 7 rings (SSSR count). The molecule has 0 spiro atoms.